The highest BCUT2D eigenvalue weighted by molar-refractivity contribution is 5.83. The lowest BCUT2D eigenvalue weighted by Crippen LogP contribution is -2.38. The fourth-order valence-electron chi connectivity index (χ4n) is 1.24. The van der Waals surface area contributed by atoms with Crippen LogP contribution in [0.4, 0.5) is 0 Å². The van der Waals surface area contributed by atoms with Gasteiger partial charge in [0, 0.05) is 6.42 Å². The van der Waals surface area contributed by atoms with Crippen molar-refractivity contribution in [2.24, 2.45) is 0 Å². The first kappa shape index (κ1) is 7.86. The van der Waals surface area contributed by atoms with E-state index in [1.54, 1.807) is 0 Å². The summed E-state index contributed by atoms with van der Waals surface area (Å²) in [4.78, 5) is 10.8. The molecule has 0 spiro atoms. The smallest absolute Gasteiger partial charge is 0.242 e. The molecule has 1 aliphatic rings. The lowest BCUT2D eigenvalue weighted by Gasteiger charge is -2.16. The van der Waals surface area contributed by atoms with E-state index < -0.39 is 0 Å². The fourth-order valence-corrected chi connectivity index (χ4v) is 1.24. The van der Waals surface area contributed by atoms with Gasteiger partial charge in [-0.05, 0) is 11.6 Å². The highest BCUT2D eigenvalue weighted by Crippen LogP contribution is 2.12. The molecule has 0 saturated carbocycles. The number of hydrogen-bond donors (Lipinski definition) is 2. The third-order valence-electron chi connectivity index (χ3n) is 1.91. The van der Waals surface area contributed by atoms with Crippen LogP contribution < -0.4 is 10.9 Å². The number of hydrogen-bond acceptors (Lipinski definition) is 2. The number of carbonyl (C=O) groups excluding carboxylic acids is 1. The third kappa shape index (κ3) is 1.69. The summed E-state index contributed by atoms with van der Waals surface area (Å²) in [6.07, 6.45) is 2.32. The minimum absolute atomic E-state index is 0.000295. The van der Waals surface area contributed by atoms with E-state index in [-0.39, 0.29) is 5.91 Å². The van der Waals surface area contributed by atoms with Gasteiger partial charge in [0.1, 0.15) is 0 Å². The van der Waals surface area contributed by atoms with Crippen molar-refractivity contribution in [3.8, 4) is 0 Å². The molecule has 2 rings (SSSR count). The van der Waals surface area contributed by atoms with Crippen LogP contribution in [0.1, 0.15) is 12.0 Å². The molecule has 0 fully saturated rings. The van der Waals surface area contributed by atoms with Crippen LogP contribution in [0.15, 0.2) is 36.4 Å². The van der Waals surface area contributed by atoms with Crippen molar-refractivity contribution < 1.29 is 4.79 Å². The van der Waals surface area contributed by atoms with Gasteiger partial charge in [0.05, 0.1) is 5.70 Å². The molecule has 2 N–H and O–H groups in total. The van der Waals surface area contributed by atoms with Gasteiger partial charge in [0.25, 0.3) is 0 Å². The van der Waals surface area contributed by atoms with E-state index >= 15 is 0 Å². The van der Waals surface area contributed by atoms with E-state index in [4.69, 9.17) is 0 Å². The van der Waals surface area contributed by atoms with Crippen molar-refractivity contribution in [3.63, 3.8) is 0 Å². The van der Waals surface area contributed by atoms with Gasteiger partial charge in [-0.3, -0.25) is 15.6 Å². The normalized spacial score (nSPS) is 15.7. The van der Waals surface area contributed by atoms with Crippen LogP contribution in [-0.2, 0) is 4.79 Å². The monoisotopic (exact) mass is 174 g/mol. The van der Waals surface area contributed by atoms with Gasteiger partial charge in [0.15, 0.2) is 0 Å². The van der Waals surface area contributed by atoms with Crippen molar-refractivity contribution >= 4 is 11.6 Å². The maximum Gasteiger partial charge on any atom is 0.242 e. The second kappa shape index (κ2) is 3.31. The molecule has 13 heavy (non-hydrogen) atoms. The van der Waals surface area contributed by atoms with Gasteiger partial charge in [-0.15, -0.1) is 0 Å². The van der Waals surface area contributed by atoms with E-state index in [2.05, 4.69) is 10.9 Å². The lowest BCUT2D eigenvalue weighted by atomic mass is 10.1. The molecule has 0 aliphatic carbocycles. The first-order valence-corrected chi connectivity index (χ1v) is 4.17. The Kier molecular flexibility index (Phi) is 2.00. The van der Waals surface area contributed by atoms with Crippen molar-refractivity contribution in [3.05, 3.63) is 42.0 Å². The predicted octanol–water partition coefficient (Wildman–Crippen LogP) is 1.05. The largest absolute Gasteiger partial charge is 0.298 e. The summed E-state index contributed by atoms with van der Waals surface area (Å²) in [5.74, 6) is -0.000295. The molecule has 0 atom stereocenters. The maximum atomic E-state index is 10.8. The van der Waals surface area contributed by atoms with Crippen molar-refractivity contribution in [2.75, 3.05) is 0 Å². The number of benzene rings is 1. The van der Waals surface area contributed by atoms with Crippen LogP contribution >= 0.6 is 0 Å². The van der Waals surface area contributed by atoms with E-state index in [0.717, 1.165) is 11.3 Å². The zero-order valence-electron chi connectivity index (χ0n) is 7.08. The maximum absolute atomic E-state index is 10.8. The highest BCUT2D eigenvalue weighted by Gasteiger charge is 2.08. The number of hydrazine groups is 1. The Morgan fingerprint density at radius 3 is 2.46 bits per heavy atom. The fraction of sp³-hybridized carbons (Fsp3) is 0.100. The molecule has 1 amide bonds. The topological polar surface area (TPSA) is 41.1 Å². The molecule has 0 saturated heterocycles. The Morgan fingerprint density at radius 2 is 1.85 bits per heavy atom. The molecule has 66 valence electrons. The molecule has 1 aromatic carbocycles. The zero-order chi connectivity index (χ0) is 9.10. The molecular formula is C10H10N2O. The molecular weight excluding hydrogens is 164 g/mol. The molecule has 0 aromatic heterocycles. The summed E-state index contributed by atoms with van der Waals surface area (Å²) in [5, 5.41) is 0. The Bertz CT molecular complexity index is 343. The molecule has 3 heteroatoms. The van der Waals surface area contributed by atoms with Gasteiger partial charge in [-0.25, -0.2) is 0 Å². The van der Waals surface area contributed by atoms with Crippen LogP contribution in [0.2, 0.25) is 0 Å². The minimum atomic E-state index is -0.000295. The summed E-state index contributed by atoms with van der Waals surface area (Å²) in [6.45, 7) is 0. The first-order valence-electron chi connectivity index (χ1n) is 4.17. The summed E-state index contributed by atoms with van der Waals surface area (Å²) in [5.41, 5.74) is 7.46. The summed E-state index contributed by atoms with van der Waals surface area (Å²) in [6, 6.07) is 9.89. The lowest BCUT2D eigenvalue weighted by molar-refractivity contribution is -0.121. The van der Waals surface area contributed by atoms with Gasteiger partial charge in [0.2, 0.25) is 5.91 Å². The number of nitrogens with one attached hydrogen (secondary N) is 2. The Hall–Kier alpha value is -1.77. The zero-order valence-corrected chi connectivity index (χ0v) is 7.08. The second-order valence-corrected chi connectivity index (χ2v) is 2.86. The first-order chi connectivity index (χ1) is 6.36. The Balaban J connectivity index is 2.23. The summed E-state index contributed by atoms with van der Waals surface area (Å²) in [7, 11) is 0. The summed E-state index contributed by atoms with van der Waals surface area (Å²) >= 11 is 0. The van der Waals surface area contributed by atoms with Crippen LogP contribution in [0, 0.1) is 0 Å². The standard InChI is InChI=1S/C10H10N2O/c13-10-7-6-9(11-12-10)8-4-2-1-3-5-8/h1-6,11H,7H2,(H,12,13). The van der Waals surface area contributed by atoms with E-state index in [1.807, 2.05) is 36.4 Å². The number of carbonyl (C=O) groups is 1. The average Bonchev–Trinajstić information content (AvgIpc) is 2.20. The molecule has 1 aliphatic heterocycles. The van der Waals surface area contributed by atoms with Crippen LogP contribution in [0.3, 0.4) is 0 Å². The van der Waals surface area contributed by atoms with Gasteiger partial charge >= 0.3 is 0 Å². The van der Waals surface area contributed by atoms with Crippen molar-refractivity contribution in [1.29, 1.82) is 0 Å². The number of rotatable bonds is 1. The van der Waals surface area contributed by atoms with Gasteiger partial charge in [-0.1, -0.05) is 30.3 Å². The van der Waals surface area contributed by atoms with Crippen LogP contribution in [0.25, 0.3) is 5.70 Å². The van der Waals surface area contributed by atoms with E-state index in [1.165, 1.54) is 0 Å². The summed E-state index contributed by atoms with van der Waals surface area (Å²) < 4.78 is 0. The molecule has 1 heterocycles. The SMILES string of the molecule is O=C1CC=C(c2ccccc2)NN1. The van der Waals surface area contributed by atoms with Crippen molar-refractivity contribution in [2.45, 2.75) is 6.42 Å². The average molecular weight is 174 g/mol. The van der Waals surface area contributed by atoms with E-state index in [9.17, 15) is 4.79 Å². The Morgan fingerprint density at radius 1 is 1.08 bits per heavy atom. The third-order valence-corrected chi connectivity index (χ3v) is 1.91. The molecule has 1 aromatic rings. The minimum Gasteiger partial charge on any atom is -0.298 e. The van der Waals surface area contributed by atoms with Crippen LogP contribution in [-0.4, -0.2) is 5.91 Å². The molecule has 0 unspecified atom stereocenters. The van der Waals surface area contributed by atoms with E-state index in [0.29, 0.717) is 6.42 Å². The predicted molar refractivity (Wildman–Crippen MR) is 50.3 cm³/mol. The molecule has 0 bridgehead atoms. The highest BCUT2D eigenvalue weighted by atomic mass is 16.2. The molecule has 0 radical (unpaired) electrons. The van der Waals surface area contributed by atoms with Gasteiger partial charge in [-0.2, -0.15) is 0 Å². The Labute approximate surface area is 76.4 Å². The van der Waals surface area contributed by atoms with Crippen LogP contribution in [0.5, 0.6) is 0 Å². The second-order valence-electron chi connectivity index (χ2n) is 2.86. The van der Waals surface area contributed by atoms with Gasteiger partial charge < -0.3 is 0 Å². The quantitative estimate of drug-likeness (QED) is 0.668. The molecule has 3 nitrogen and oxygen atoms in total. The van der Waals surface area contributed by atoms with Crippen molar-refractivity contribution in [1.82, 2.24) is 10.9 Å². The number of amides is 1.